The van der Waals surface area contributed by atoms with Crippen LogP contribution in [0, 0.1) is 35.5 Å². The Balaban J connectivity index is 1.59. The third-order valence-corrected chi connectivity index (χ3v) is 6.19. The van der Waals surface area contributed by atoms with Crippen molar-refractivity contribution in [2.75, 3.05) is 0 Å². The molecule has 0 N–H and O–H groups in total. The van der Waals surface area contributed by atoms with E-state index in [1.54, 1.807) is 51.4 Å². The quantitative estimate of drug-likeness (QED) is 0.589. The Hall–Kier alpha value is 0. The van der Waals surface area contributed by atoms with Crippen molar-refractivity contribution < 1.29 is 0 Å². The molecule has 0 saturated heterocycles. The number of hydrogen-bond donors (Lipinski definition) is 0. The first kappa shape index (κ1) is 8.19. The van der Waals surface area contributed by atoms with Crippen LogP contribution in [-0.2, 0) is 0 Å². The lowest BCUT2D eigenvalue weighted by Gasteiger charge is -2.30. The second-order valence-electron chi connectivity index (χ2n) is 6.59. The Morgan fingerprint density at radius 1 is 0.571 bits per heavy atom. The van der Waals surface area contributed by atoms with Gasteiger partial charge >= 0.3 is 0 Å². The van der Waals surface area contributed by atoms with Gasteiger partial charge in [0.1, 0.15) is 0 Å². The molecule has 4 fully saturated rings. The lowest BCUT2D eigenvalue weighted by molar-refractivity contribution is 0.181. The van der Waals surface area contributed by atoms with Gasteiger partial charge in [-0.3, -0.25) is 0 Å². The van der Waals surface area contributed by atoms with E-state index in [-0.39, 0.29) is 0 Å². The topological polar surface area (TPSA) is 0 Å². The van der Waals surface area contributed by atoms with Crippen molar-refractivity contribution in [3.63, 3.8) is 0 Å². The maximum absolute atomic E-state index is 1.64. The number of fused-ring (bicyclic) bond motifs is 4. The van der Waals surface area contributed by atoms with E-state index >= 15 is 0 Å². The van der Waals surface area contributed by atoms with Gasteiger partial charge in [0.05, 0.1) is 0 Å². The van der Waals surface area contributed by atoms with E-state index in [0.717, 1.165) is 0 Å². The molecule has 0 nitrogen and oxygen atoms in total. The van der Waals surface area contributed by atoms with E-state index in [2.05, 4.69) is 0 Å². The fourth-order valence-electron chi connectivity index (χ4n) is 5.76. The van der Waals surface area contributed by atoms with Gasteiger partial charge in [-0.25, -0.2) is 0 Å². The van der Waals surface area contributed by atoms with Crippen LogP contribution in [0.25, 0.3) is 0 Å². The maximum atomic E-state index is 1.64. The lowest BCUT2D eigenvalue weighted by Crippen LogP contribution is -2.24. The van der Waals surface area contributed by atoms with Gasteiger partial charge in [0.15, 0.2) is 0 Å². The summed E-state index contributed by atoms with van der Waals surface area (Å²) in [4.78, 5) is 0. The second kappa shape index (κ2) is 2.77. The molecule has 4 rings (SSSR count). The number of hydrogen-bond acceptors (Lipinski definition) is 0. The first-order valence-electron chi connectivity index (χ1n) is 6.92. The summed E-state index contributed by atoms with van der Waals surface area (Å²) in [5, 5.41) is 0. The van der Waals surface area contributed by atoms with Crippen LogP contribution in [-0.4, -0.2) is 0 Å². The minimum absolute atomic E-state index is 1.17. The van der Waals surface area contributed by atoms with Crippen molar-refractivity contribution in [2.24, 2.45) is 35.5 Å². The summed E-state index contributed by atoms with van der Waals surface area (Å²) < 4.78 is 0. The van der Waals surface area contributed by atoms with Crippen molar-refractivity contribution >= 4 is 0 Å². The first-order chi connectivity index (χ1) is 6.92. The molecular weight excluding hydrogens is 168 g/mol. The van der Waals surface area contributed by atoms with Crippen LogP contribution < -0.4 is 0 Å². The van der Waals surface area contributed by atoms with Crippen molar-refractivity contribution in [3.05, 3.63) is 0 Å². The Morgan fingerprint density at radius 3 is 1.71 bits per heavy atom. The summed E-state index contributed by atoms with van der Waals surface area (Å²) >= 11 is 0. The average Bonchev–Trinajstić information content (AvgIpc) is 2.96. The minimum atomic E-state index is 1.17. The van der Waals surface area contributed by atoms with Crippen LogP contribution in [0.3, 0.4) is 0 Å². The zero-order chi connectivity index (χ0) is 9.12. The predicted molar refractivity (Wildman–Crippen MR) is 57.9 cm³/mol. The van der Waals surface area contributed by atoms with Crippen molar-refractivity contribution in [3.8, 4) is 0 Å². The summed E-state index contributed by atoms with van der Waals surface area (Å²) in [6.45, 7) is 0. The monoisotopic (exact) mass is 190 g/mol. The van der Waals surface area contributed by atoms with Crippen LogP contribution >= 0.6 is 0 Å². The third-order valence-electron chi connectivity index (χ3n) is 6.19. The molecule has 0 radical (unpaired) electrons. The van der Waals surface area contributed by atoms with Gasteiger partial charge in [-0.2, -0.15) is 0 Å². The van der Waals surface area contributed by atoms with Crippen LogP contribution in [0.1, 0.15) is 51.4 Å². The predicted octanol–water partition coefficient (Wildman–Crippen LogP) is 3.86. The molecule has 14 heavy (non-hydrogen) atoms. The van der Waals surface area contributed by atoms with Crippen LogP contribution in [0.5, 0.6) is 0 Å². The molecule has 3 unspecified atom stereocenters. The van der Waals surface area contributed by atoms with E-state index in [0.29, 0.717) is 0 Å². The highest BCUT2D eigenvalue weighted by molar-refractivity contribution is 5.01. The van der Waals surface area contributed by atoms with E-state index in [1.807, 2.05) is 0 Å². The second-order valence-corrected chi connectivity index (χ2v) is 6.59. The maximum Gasteiger partial charge on any atom is -0.0326 e. The van der Waals surface area contributed by atoms with Crippen molar-refractivity contribution in [2.45, 2.75) is 51.4 Å². The van der Waals surface area contributed by atoms with Gasteiger partial charge in [-0.05, 0) is 80.5 Å². The fourth-order valence-corrected chi connectivity index (χ4v) is 5.76. The largest absolute Gasteiger partial charge is 0.0502 e. The molecule has 0 heterocycles. The van der Waals surface area contributed by atoms with Gasteiger partial charge in [-0.1, -0.05) is 6.42 Å². The molecule has 0 amide bonds. The molecule has 4 aliphatic carbocycles. The highest BCUT2D eigenvalue weighted by Gasteiger charge is 2.51. The van der Waals surface area contributed by atoms with Gasteiger partial charge in [-0.15, -0.1) is 0 Å². The Morgan fingerprint density at radius 2 is 1.21 bits per heavy atom. The Bertz CT molecular complexity index is 224. The molecule has 0 aromatic rings. The summed E-state index contributed by atoms with van der Waals surface area (Å²) in [6, 6.07) is 0. The standard InChI is InChI=1S/C14H22/c1-2-12-7-9(1)8-13(12)14-10-3-4-11(14)6-5-10/h9-14H,1-8H2. The molecule has 0 heteroatoms. The molecule has 4 aliphatic rings. The van der Waals surface area contributed by atoms with Crippen LogP contribution in [0.2, 0.25) is 0 Å². The summed E-state index contributed by atoms with van der Waals surface area (Å²) in [6.07, 6.45) is 12.9. The molecule has 0 aromatic carbocycles. The molecule has 0 spiro atoms. The van der Waals surface area contributed by atoms with Gasteiger partial charge < -0.3 is 0 Å². The summed E-state index contributed by atoms with van der Waals surface area (Å²) in [5.74, 6) is 7.14. The number of rotatable bonds is 1. The summed E-state index contributed by atoms with van der Waals surface area (Å²) in [7, 11) is 0. The zero-order valence-corrected chi connectivity index (χ0v) is 9.12. The smallest absolute Gasteiger partial charge is 0.0326 e. The first-order valence-corrected chi connectivity index (χ1v) is 6.92. The highest BCUT2D eigenvalue weighted by atomic mass is 14.6. The SMILES string of the molecule is C1CC2CC1CC2C1C2CCC1CC2. The van der Waals surface area contributed by atoms with Crippen LogP contribution in [0.4, 0.5) is 0 Å². The highest BCUT2D eigenvalue weighted by Crippen LogP contribution is 2.60. The van der Waals surface area contributed by atoms with Crippen molar-refractivity contribution in [1.82, 2.24) is 0 Å². The molecule has 4 saturated carbocycles. The lowest BCUT2D eigenvalue weighted by atomic mass is 9.74. The van der Waals surface area contributed by atoms with E-state index in [1.165, 1.54) is 35.5 Å². The third kappa shape index (κ3) is 0.955. The zero-order valence-electron chi connectivity index (χ0n) is 9.12. The van der Waals surface area contributed by atoms with E-state index < -0.39 is 0 Å². The molecule has 4 bridgehead atoms. The molecule has 0 aliphatic heterocycles. The molecule has 3 atom stereocenters. The Kier molecular flexibility index (Phi) is 1.62. The Labute approximate surface area is 87.5 Å². The fraction of sp³-hybridized carbons (Fsp3) is 1.00. The summed E-state index contributed by atoms with van der Waals surface area (Å²) in [5.41, 5.74) is 0. The molecule has 0 aromatic heterocycles. The molecule has 78 valence electrons. The van der Waals surface area contributed by atoms with Gasteiger partial charge in [0, 0.05) is 0 Å². The molecular formula is C14H22. The van der Waals surface area contributed by atoms with Crippen molar-refractivity contribution in [1.29, 1.82) is 0 Å². The normalized spacial score (nSPS) is 60.0. The van der Waals surface area contributed by atoms with Crippen LogP contribution in [0.15, 0.2) is 0 Å². The van der Waals surface area contributed by atoms with E-state index in [9.17, 15) is 0 Å². The van der Waals surface area contributed by atoms with Gasteiger partial charge in [0.25, 0.3) is 0 Å². The minimum Gasteiger partial charge on any atom is -0.0502 e. The van der Waals surface area contributed by atoms with E-state index in [4.69, 9.17) is 0 Å². The van der Waals surface area contributed by atoms with Gasteiger partial charge in [0.2, 0.25) is 0 Å². The average molecular weight is 190 g/mol.